The molecule has 2 aliphatic heterocycles. The van der Waals surface area contributed by atoms with Crippen LogP contribution < -0.4 is 4.90 Å². The molecular formula is C26H29F3N2O4. The number of piperidine rings is 1. The molecule has 188 valence electrons. The molecule has 1 saturated heterocycles. The second-order valence-corrected chi connectivity index (χ2v) is 9.79. The SMILES string of the molecule is Cc1ccc2c(c1)C1(CCN(C(=O)C(C)(O)C(F)(F)F)CC1)CN2C(=O)C(O)Cc1ccccc1. The van der Waals surface area contributed by atoms with Crippen molar-refractivity contribution in [2.24, 2.45) is 0 Å². The van der Waals surface area contributed by atoms with Crippen molar-refractivity contribution in [3.8, 4) is 0 Å². The minimum Gasteiger partial charge on any atom is -0.383 e. The van der Waals surface area contributed by atoms with Crippen LogP contribution in [0.3, 0.4) is 0 Å². The summed E-state index contributed by atoms with van der Waals surface area (Å²) in [6.45, 7) is 2.71. The molecule has 0 radical (unpaired) electrons. The Labute approximate surface area is 202 Å². The molecule has 2 heterocycles. The lowest BCUT2D eigenvalue weighted by molar-refractivity contribution is -0.250. The standard InChI is InChI=1S/C26H29F3N2O4/c1-17-8-9-20-19(14-17)25(10-12-30(13-11-25)23(34)24(2,35)26(27,28)29)16-31(20)22(33)21(32)15-18-6-4-3-5-7-18/h3-9,14,21,32,35H,10-13,15-16H2,1-2H3. The van der Waals surface area contributed by atoms with E-state index in [1.807, 2.05) is 55.5 Å². The van der Waals surface area contributed by atoms with Crippen LogP contribution in [0, 0.1) is 6.92 Å². The van der Waals surface area contributed by atoms with Gasteiger partial charge in [-0.3, -0.25) is 9.59 Å². The summed E-state index contributed by atoms with van der Waals surface area (Å²) in [7, 11) is 0. The molecule has 0 aliphatic carbocycles. The van der Waals surface area contributed by atoms with Gasteiger partial charge in [-0.2, -0.15) is 13.2 Å². The number of hydrogen-bond acceptors (Lipinski definition) is 4. The Balaban J connectivity index is 1.55. The van der Waals surface area contributed by atoms with Crippen LogP contribution in [-0.2, 0) is 21.4 Å². The largest absolute Gasteiger partial charge is 0.426 e. The van der Waals surface area contributed by atoms with Gasteiger partial charge in [-0.05, 0) is 43.9 Å². The number of anilines is 1. The molecule has 2 atom stereocenters. The van der Waals surface area contributed by atoms with E-state index >= 15 is 0 Å². The third-order valence-corrected chi connectivity index (χ3v) is 7.27. The van der Waals surface area contributed by atoms with Gasteiger partial charge in [0.05, 0.1) is 0 Å². The summed E-state index contributed by atoms with van der Waals surface area (Å²) in [4.78, 5) is 28.4. The number of halogens is 3. The first-order valence-electron chi connectivity index (χ1n) is 11.6. The summed E-state index contributed by atoms with van der Waals surface area (Å²) >= 11 is 0. The van der Waals surface area contributed by atoms with Gasteiger partial charge < -0.3 is 20.0 Å². The van der Waals surface area contributed by atoms with Gasteiger partial charge in [-0.15, -0.1) is 0 Å². The number of benzene rings is 2. The number of nitrogens with zero attached hydrogens (tertiary/aromatic N) is 2. The lowest BCUT2D eigenvalue weighted by Gasteiger charge is -2.42. The molecule has 2 aliphatic rings. The van der Waals surface area contributed by atoms with Crippen LogP contribution in [0.5, 0.6) is 0 Å². The van der Waals surface area contributed by atoms with Gasteiger partial charge in [0.2, 0.25) is 5.60 Å². The number of amides is 2. The average Bonchev–Trinajstić information content (AvgIpc) is 3.11. The molecule has 2 aromatic carbocycles. The zero-order valence-corrected chi connectivity index (χ0v) is 19.7. The zero-order valence-electron chi connectivity index (χ0n) is 19.7. The van der Waals surface area contributed by atoms with Gasteiger partial charge in [0, 0.05) is 37.2 Å². The molecule has 0 aromatic heterocycles. The molecule has 35 heavy (non-hydrogen) atoms. The Hall–Kier alpha value is -2.91. The fraction of sp³-hybridized carbons (Fsp3) is 0.462. The summed E-state index contributed by atoms with van der Waals surface area (Å²) in [5, 5.41) is 20.5. The fourth-order valence-corrected chi connectivity index (χ4v) is 5.08. The summed E-state index contributed by atoms with van der Waals surface area (Å²) in [5.74, 6) is -1.80. The van der Waals surface area contributed by atoms with Gasteiger partial charge in [0.25, 0.3) is 11.8 Å². The molecule has 2 aromatic rings. The number of alkyl halides is 3. The smallest absolute Gasteiger partial charge is 0.383 e. The van der Waals surface area contributed by atoms with E-state index in [0.29, 0.717) is 25.5 Å². The lowest BCUT2D eigenvalue weighted by Crippen LogP contribution is -2.59. The highest BCUT2D eigenvalue weighted by molar-refractivity contribution is 5.99. The van der Waals surface area contributed by atoms with E-state index in [1.165, 1.54) is 0 Å². The van der Waals surface area contributed by atoms with Crippen molar-refractivity contribution < 1.29 is 33.0 Å². The molecule has 2 amide bonds. The van der Waals surface area contributed by atoms with E-state index in [1.54, 1.807) is 4.90 Å². The molecule has 0 saturated carbocycles. The first kappa shape index (κ1) is 25.2. The maximum Gasteiger partial charge on any atom is 0.426 e. The Bertz CT molecular complexity index is 1110. The zero-order chi connectivity index (χ0) is 25.6. The third-order valence-electron chi connectivity index (χ3n) is 7.27. The van der Waals surface area contributed by atoms with Crippen LogP contribution in [-0.4, -0.2) is 64.4 Å². The van der Waals surface area contributed by atoms with E-state index in [9.17, 15) is 33.0 Å². The second-order valence-electron chi connectivity index (χ2n) is 9.79. The van der Waals surface area contributed by atoms with Crippen molar-refractivity contribution in [1.82, 2.24) is 4.90 Å². The second kappa shape index (κ2) is 8.95. The number of aliphatic hydroxyl groups excluding tert-OH is 1. The number of hydrogen-bond donors (Lipinski definition) is 2. The Kier molecular flexibility index (Phi) is 6.44. The highest BCUT2D eigenvalue weighted by Gasteiger charge is 2.58. The topological polar surface area (TPSA) is 81.1 Å². The van der Waals surface area contributed by atoms with Gasteiger partial charge in [-0.25, -0.2) is 0 Å². The quantitative estimate of drug-likeness (QED) is 0.690. The predicted octanol–water partition coefficient (Wildman–Crippen LogP) is 3.12. The first-order valence-corrected chi connectivity index (χ1v) is 11.6. The average molecular weight is 491 g/mol. The maximum absolute atomic E-state index is 13.3. The Morgan fingerprint density at radius 1 is 1.09 bits per heavy atom. The number of likely N-dealkylation sites (tertiary alicyclic amines) is 1. The van der Waals surface area contributed by atoms with Crippen LogP contribution in [0.1, 0.15) is 36.5 Å². The summed E-state index contributed by atoms with van der Waals surface area (Å²) in [6.07, 6.45) is -5.48. The van der Waals surface area contributed by atoms with Crippen molar-refractivity contribution in [3.05, 3.63) is 65.2 Å². The highest BCUT2D eigenvalue weighted by atomic mass is 19.4. The van der Waals surface area contributed by atoms with Crippen molar-refractivity contribution in [2.45, 2.75) is 56.4 Å². The summed E-state index contributed by atoms with van der Waals surface area (Å²) in [5.41, 5.74) is -0.631. The maximum atomic E-state index is 13.3. The normalized spacial score (nSPS) is 19.9. The van der Waals surface area contributed by atoms with Crippen LogP contribution in [0.15, 0.2) is 48.5 Å². The molecule has 0 bridgehead atoms. The molecule has 2 unspecified atom stereocenters. The minimum absolute atomic E-state index is 0.0209. The van der Waals surface area contributed by atoms with Crippen molar-refractivity contribution in [1.29, 1.82) is 0 Å². The highest BCUT2D eigenvalue weighted by Crippen LogP contribution is 2.48. The molecule has 9 heteroatoms. The predicted molar refractivity (Wildman–Crippen MR) is 124 cm³/mol. The lowest BCUT2D eigenvalue weighted by atomic mass is 9.73. The fourth-order valence-electron chi connectivity index (χ4n) is 5.08. The third kappa shape index (κ3) is 4.54. The summed E-state index contributed by atoms with van der Waals surface area (Å²) in [6, 6.07) is 14.9. The van der Waals surface area contributed by atoms with E-state index in [4.69, 9.17) is 0 Å². The Morgan fingerprint density at radius 2 is 1.71 bits per heavy atom. The van der Waals surface area contributed by atoms with Crippen LogP contribution in [0.4, 0.5) is 18.9 Å². The van der Waals surface area contributed by atoms with Gasteiger partial charge in [0.15, 0.2) is 0 Å². The molecule has 6 nitrogen and oxygen atoms in total. The van der Waals surface area contributed by atoms with Crippen molar-refractivity contribution >= 4 is 17.5 Å². The minimum atomic E-state index is -5.08. The van der Waals surface area contributed by atoms with E-state index in [0.717, 1.165) is 21.6 Å². The first-order chi connectivity index (χ1) is 16.4. The summed E-state index contributed by atoms with van der Waals surface area (Å²) < 4.78 is 39.5. The monoisotopic (exact) mass is 490 g/mol. The number of rotatable bonds is 4. The van der Waals surface area contributed by atoms with E-state index < -0.39 is 35.1 Å². The molecule has 4 rings (SSSR count). The van der Waals surface area contributed by atoms with E-state index in [-0.39, 0.29) is 26.1 Å². The van der Waals surface area contributed by atoms with Crippen LogP contribution >= 0.6 is 0 Å². The van der Waals surface area contributed by atoms with Gasteiger partial charge >= 0.3 is 6.18 Å². The molecule has 1 spiro atoms. The Morgan fingerprint density at radius 3 is 2.31 bits per heavy atom. The van der Waals surface area contributed by atoms with Crippen molar-refractivity contribution in [2.75, 3.05) is 24.5 Å². The molecule has 2 N–H and O–H groups in total. The number of fused-ring (bicyclic) bond motifs is 2. The van der Waals surface area contributed by atoms with Crippen LogP contribution in [0.2, 0.25) is 0 Å². The number of aryl methyl sites for hydroxylation is 1. The van der Waals surface area contributed by atoms with E-state index in [2.05, 4.69) is 0 Å². The number of carbonyl (C=O) groups is 2. The van der Waals surface area contributed by atoms with Crippen LogP contribution in [0.25, 0.3) is 0 Å². The van der Waals surface area contributed by atoms with Gasteiger partial charge in [0.1, 0.15) is 6.10 Å². The number of aliphatic hydroxyl groups is 2. The molecular weight excluding hydrogens is 461 g/mol. The van der Waals surface area contributed by atoms with Crippen molar-refractivity contribution in [3.63, 3.8) is 0 Å². The number of carbonyl (C=O) groups excluding carboxylic acids is 2. The molecule has 1 fully saturated rings. The van der Waals surface area contributed by atoms with Gasteiger partial charge in [-0.1, -0.05) is 48.0 Å².